The van der Waals surface area contributed by atoms with E-state index in [0.29, 0.717) is 0 Å². The van der Waals surface area contributed by atoms with Crippen LogP contribution >= 0.6 is 0 Å². The molecule has 0 saturated carbocycles. The highest BCUT2D eigenvalue weighted by molar-refractivity contribution is 6.12. The van der Waals surface area contributed by atoms with Gasteiger partial charge in [-0.05, 0) is 61.0 Å². The number of aliphatic imine (C=N–C) groups is 1. The van der Waals surface area contributed by atoms with E-state index in [1.165, 1.54) is 37.3 Å². The second kappa shape index (κ2) is 11.4. The molecule has 1 fully saturated rings. The lowest BCUT2D eigenvalue weighted by Gasteiger charge is -2.19. The molecule has 1 saturated heterocycles. The minimum Gasteiger partial charge on any atom is -0.465 e. The Kier molecular flexibility index (Phi) is 7.86. The zero-order valence-electron chi connectivity index (χ0n) is 21.5. The molecule has 0 bridgehead atoms. The zero-order valence-corrected chi connectivity index (χ0v) is 21.5. The molecule has 9 nitrogen and oxygen atoms in total. The van der Waals surface area contributed by atoms with Crippen LogP contribution in [0.3, 0.4) is 0 Å². The van der Waals surface area contributed by atoms with E-state index >= 15 is 0 Å². The van der Waals surface area contributed by atoms with Crippen LogP contribution in [0.2, 0.25) is 0 Å². The van der Waals surface area contributed by atoms with Crippen molar-refractivity contribution in [2.45, 2.75) is 6.92 Å². The lowest BCUT2D eigenvalue weighted by atomic mass is 10.1. The third-order valence-corrected chi connectivity index (χ3v) is 5.97. The molecular weight excluding hydrogens is 486 g/mol. The Morgan fingerprint density at radius 1 is 0.947 bits per heavy atom. The van der Waals surface area contributed by atoms with E-state index in [1.807, 2.05) is 61.6 Å². The number of rotatable bonds is 7. The van der Waals surface area contributed by atoms with Crippen LogP contribution in [-0.2, 0) is 19.0 Å². The molecule has 1 amide bonds. The number of methoxy groups -OCH3 is 2. The van der Waals surface area contributed by atoms with Crippen molar-refractivity contribution >= 4 is 47.0 Å². The monoisotopic (exact) mass is 513 g/mol. The van der Waals surface area contributed by atoms with Gasteiger partial charge in [-0.3, -0.25) is 9.69 Å². The maximum atomic E-state index is 13.1. The number of nitrogens with zero attached hydrogens (tertiary/aromatic N) is 3. The predicted molar refractivity (Wildman–Crippen MR) is 144 cm³/mol. The number of carbonyl (C=O) groups is 3. The van der Waals surface area contributed by atoms with Crippen molar-refractivity contribution in [3.05, 3.63) is 95.2 Å². The number of amidine groups is 1. The van der Waals surface area contributed by atoms with E-state index in [0.717, 1.165) is 16.9 Å². The van der Waals surface area contributed by atoms with Crippen molar-refractivity contribution in [1.29, 1.82) is 0 Å². The van der Waals surface area contributed by atoms with Gasteiger partial charge in [0, 0.05) is 25.0 Å². The Labute approximate surface area is 220 Å². The number of benzene rings is 3. The number of ether oxygens (including phenoxy) is 3. The maximum Gasteiger partial charge on any atom is 0.340 e. The highest BCUT2D eigenvalue weighted by atomic mass is 16.5. The quantitative estimate of drug-likeness (QED) is 0.326. The van der Waals surface area contributed by atoms with E-state index in [2.05, 4.69) is 9.89 Å². The molecule has 4 rings (SSSR count). The molecule has 0 aromatic heterocycles. The van der Waals surface area contributed by atoms with Crippen molar-refractivity contribution in [2.24, 2.45) is 4.99 Å². The molecule has 1 heterocycles. The number of hydrogen-bond donors (Lipinski definition) is 0. The number of carbonyl (C=O) groups excluding carboxylic acids is 3. The second-order valence-electron chi connectivity index (χ2n) is 8.26. The lowest BCUT2D eigenvalue weighted by Crippen LogP contribution is -2.29. The fraction of sp³-hybridized carbons (Fsp3) is 0.172. The molecule has 9 heteroatoms. The van der Waals surface area contributed by atoms with Gasteiger partial charge in [0.15, 0.2) is 5.76 Å². The average molecular weight is 514 g/mol. The van der Waals surface area contributed by atoms with Crippen molar-refractivity contribution in [1.82, 2.24) is 4.90 Å². The molecular formula is C29H27N3O6. The minimum absolute atomic E-state index is 0.0173. The first-order valence-electron chi connectivity index (χ1n) is 11.9. The third-order valence-electron chi connectivity index (χ3n) is 5.97. The Hall–Kier alpha value is -4.92. The van der Waals surface area contributed by atoms with Gasteiger partial charge < -0.3 is 19.1 Å². The number of likely N-dealkylation sites (N-methyl/N-ethyl adjacent to an activating group) is 1. The molecule has 0 aliphatic carbocycles. The smallest absolute Gasteiger partial charge is 0.340 e. The summed E-state index contributed by atoms with van der Waals surface area (Å²) in [6, 6.07) is 21.9. The summed E-state index contributed by atoms with van der Waals surface area (Å²) in [5, 5.41) is 0. The van der Waals surface area contributed by atoms with Gasteiger partial charge in [0.25, 0.3) is 5.91 Å². The molecule has 1 aliphatic rings. The van der Waals surface area contributed by atoms with Gasteiger partial charge in [-0.15, -0.1) is 0 Å². The topological polar surface area (TPSA) is 97.7 Å². The Morgan fingerprint density at radius 2 is 1.61 bits per heavy atom. The molecule has 3 aromatic rings. The first-order valence-corrected chi connectivity index (χ1v) is 11.9. The minimum atomic E-state index is -0.649. The number of para-hydroxylation sites is 1. The van der Waals surface area contributed by atoms with E-state index < -0.39 is 11.9 Å². The van der Waals surface area contributed by atoms with E-state index in [-0.39, 0.29) is 41.0 Å². The van der Waals surface area contributed by atoms with Gasteiger partial charge in [-0.2, -0.15) is 4.99 Å². The summed E-state index contributed by atoms with van der Waals surface area (Å²) >= 11 is 0. The van der Waals surface area contributed by atoms with Crippen LogP contribution in [0.1, 0.15) is 33.2 Å². The average Bonchev–Trinajstić information content (AvgIpc) is 3.25. The Bertz CT molecular complexity index is 1410. The summed E-state index contributed by atoms with van der Waals surface area (Å²) in [6.07, 6.45) is 1.63. The Morgan fingerprint density at radius 3 is 2.24 bits per heavy atom. The number of anilines is 2. The molecule has 0 radical (unpaired) electrons. The van der Waals surface area contributed by atoms with Crippen LogP contribution in [0, 0.1) is 0 Å². The molecule has 0 unspecified atom stereocenters. The van der Waals surface area contributed by atoms with E-state index in [9.17, 15) is 14.4 Å². The SMILES string of the molecule is CCN1C(=O)/C(=C\c2ccc(N(C)c3ccccc3)cc2)OC1=Nc1cc(C(=O)OC)ccc1C(=O)OC. The fourth-order valence-electron chi connectivity index (χ4n) is 3.87. The van der Waals surface area contributed by atoms with Gasteiger partial charge in [0.05, 0.1) is 31.0 Å². The van der Waals surface area contributed by atoms with Crippen LogP contribution in [-0.4, -0.2) is 56.6 Å². The lowest BCUT2D eigenvalue weighted by molar-refractivity contribution is -0.122. The summed E-state index contributed by atoms with van der Waals surface area (Å²) in [5.41, 5.74) is 3.19. The Balaban J connectivity index is 1.64. The highest BCUT2D eigenvalue weighted by Crippen LogP contribution is 2.28. The molecule has 3 aromatic carbocycles. The normalized spacial score (nSPS) is 14.9. The third kappa shape index (κ3) is 5.41. The summed E-state index contributed by atoms with van der Waals surface area (Å²) in [4.78, 5) is 45.2. The second-order valence-corrected chi connectivity index (χ2v) is 8.26. The molecule has 0 atom stereocenters. The first kappa shape index (κ1) is 26.2. The summed E-state index contributed by atoms with van der Waals surface area (Å²) in [7, 11) is 4.47. The maximum absolute atomic E-state index is 13.1. The predicted octanol–water partition coefficient (Wildman–Crippen LogP) is 4.94. The van der Waals surface area contributed by atoms with Gasteiger partial charge in [-0.1, -0.05) is 30.3 Å². The molecule has 0 N–H and O–H groups in total. The summed E-state index contributed by atoms with van der Waals surface area (Å²) < 4.78 is 15.4. The van der Waals surface area contributed by atoms with Crippen LogP contribution < -0.4 is 4.90 Å². The number of esters is 2. The van der Waals surface area contributed by atoms with E-state index in [1.54, 1.807) is 13.0 Å². The van der Waals surface area contributed by atoms with Crippen LogP contribution in [0.15, 0.2) is 83.5 Å². The summed E-state index contributed by atoms with van der Waals surface area (Å²) in [5.74, 6) is -1.54. The molecule has 194 valence electrons. The highest BCUT2D eigenvalue weighted by Gasteiger charge is 2.34. The van der Waals surface area contributed by atoms with E-state index in [4.69, 9.17) is 14.2 Å². The molecule has 0 spiro atoms. The summed E-state index contributed by atoms with van der Waals surface area (Å²) in [6.45, 7) is 2.06. The fourth-order valence-corrected chi connectivity index (χ4v) is 3.87. The number of hydrogen-bond acceptors (Lipinski definition) is 8. The largest absolute Gasteiger partial charge is 0.465 e. The number of amides is 1. The standard InChI is InChI=1S/C29H27N3O6/c1-5-32-26(33)25(17-19-11-14-22(15-12-19)31(2)21-9-7-6-8-10-21)38-29(32)30-24-18-20(27(34)36-3)13-16-23(24)28(35)37-4/h6-18H,5H2,1-4H3/b25-17+,30-29?. The van der Waals surface area contributed by atoms with Crippen LogP contribution in [0.25, 0.3) is 6.08 Å². The molecule has 1 aliphatic heterocycles. The van der Waals surface area contributed by atoms with Crippen molar-refractivity contribution in [2.75, 3.05) is 32.7 Å². The van der Waals surface area contributed by atoms with Crippen LogP contribution in [0.4, 0.5) is 17.1 Å². The van der Waals surface area contributed by atoms with Crippen molar-refractivity contribution in [3.63, 3.8) is 0 Å². The zero-order chi connectivity index (χ0) is 27.2. The first-order chi connectivity index (χ1) is 18.4. The van der Waals surface area contributed by atoms with Crippen molar-refractivity contribution < 1.29 is 28.6 Å². The van der Waals surface area contributed by atoms with Gasteiger partial charge in [0.2, 0.25) is 0 Å². The molecule has 38 heavy (non-hydrogen) atoms. The van der Waals surface area contributed by atoms with Gasteiger partial charge in [0.1, 0.15) is 0 Å². The van der Waals surface area contributed by atoms with Gasteiger partial charge in [-0.25, -0.2) is 9.59 Å². The van der Waals surface area contributed by atoms with Crippen molar-refractivity contribution in [3.8, 4) is 0 Å². The van der Waals surface area contributed by atoms with Crippen LogP contribution in [0.5, 0.6) is 0 Å². The van der Waals surface area contributed by atoms with Gasteiger partial charge >= 0.3 is 18.0 Å².